The molecule has 0 saturated carbocycles. The van der Waals surface area contributed by atoms with E-state index in [-0.39, 0.29) is 5.69 Å². The summed E-state index contributed by atoms with van der Waals surface area (Å²) >= 11 is 3.43. The Bertz CT molecular complexity index is 1520. The van der Waals surface area contributed by atoms with Crippen LogP contribution in [0.3, 0.4) is 0 Å². The Morgan fingerprint density at radius 1 is 1.06 bits per heavy atom. The first-order chi connectivity index (χ1) is 17.5. The number of benzene rings is 4. The highest BCUT2D eigenvalue weighted by atomic mass is 79.9. The number of aliphatic hydroxyl groups is 1. The van der Waals surface area contributed by atoms with Crippen LogP contribution in [0.25, 0.3) is 22.4 Å². The first kappa shape index (κ1) is 23.7. The molecule has 0 aliphatic heterocycles. The number of imidazole rings is 1. The molecule has 0 amide bonds. The Labute approximate surface area is 215 Å². The number of rotatable bonds is 7. The highest BCUT2D eigenvalue weighted by molar-refractivity contribution is 9.10. The molecule has 6 nitrogen and oxygen atoms in total. The summed E-state index contributed by atoms with van der Waals surface area (Å²) in [6, 6.07) is 25.2. The summed E-state index contributed by atoms with van der Waals surface area (Å²) in [4.78, 5) is 12.0. The average Bonchev–Trinajstić information content (AvgIpc) is 3.33. The van der Waals surface area contributed by atoms with Gasteiger partial charge in [-0.15, -0.1) is 0 Å². The van der Waals surface area contributed by atoms with Crippen LogP contribution in [0.1, 0.15) is 17.4 Å². The fourth-order valence-corrected chi connectivity index (χ4v) is 4.31. The van der Waals surface area contributed by atoms with Crippen molar-refractivity contribution >= 4 is 44.6 Å². The number of aromatic amines is 1. The molecule has 3 N–H and O–H groups in total. The number of hydrogen-bond acceptors (Lipinski definition) is 5. The Morgan fingerprint density at radius 2 is 1.86 bits per heavy atom. The number of aliphatic hydroxyl groups excluding tert-OH is 1. The standard InChI is InChI=1S/C28H22BrFN4O2/c1-36-26-13-9-19(14-21(26)29)28(35)32-20-10-6-17(7-11-20)16-31-23-12-8-18(15-22(23)30)27-33-24-4-2-3-5-25(24)34-27/h2-16,28,32,35H,1H3,(H,33,34). The van der Waals surface area contributed by atoms with Gasteiger partial charge < -0.3 is 20.1 Å². The van der Waals surface area contributed by atoms with Gasteiger partial charge in [0.2, 0.25) is 0 Å². The Hall–Kier alpha value is -4.01. The van der Waals surface area contributed by atoms with Crippen molar-refractivity contribution in [3.8, 4) is 17.1 Å². The number of para-hydroxylation sites is 2. The second-order valence-corrected chi connectivity index (χ2v) is 8.94. The van der Waals surface area contributed by atoms with Gasteiger partial charge in [-0.2, -0.15) is 0 Å². The molecule has 0 fully saturated rings. The lowest BCUT2D eigenvalue weighted by Gasteiger charge is -2.16. The maximum atomic E-state index is 14.7. The zero-order valence-electron chi connectivity index (χ0n) is 19.2. The summed E-state index contributed by atoms with van der Waals surface area (Å²) in [5.74, 6) is 0.865. The molecule has 5 rings (SSSR count). The van der Waals surface area contributed by atoms with Crippen LogP contribution in [0.5, 0.6) is 5.75 Å². The van der Waals surface area contributed by atoms with Crippen molar-refractivity contribution in [2.24, 2.45) is 4.99 Å². The van der Waals surface area contributed by atoms with Crippen LogP contribution in [-0.2, 0) is 0 Å². The smallest absolute Gasteiger partial charge is 0.150 e. The van der Waals surface area contributed by atoms with Gasteiger partial charge in [0.25, 0.3) is 0 Å². The van der Waals surface area contributed by atoms with E-state index >= 15 is 0 Å². The number of H-pyrrole nitrogens is 1. The van der Waals surface area contributed by atoms with Crippen molar-refractivity contribution in [2.75, 3.05) is 12.4 Å². The topological polar surface area (TPSA) is 82.5 Å². The number of fused-ring (bicyclic) bond motifs is 1. The predicted molar refractivity (Wildman–Crippen MR) is 144 cm³/mol. The molecule has 8 heteroatoms. The van der Waals surface area contributed by atoms with Crippen molar-refractivity contribution in [1.29, 1.82) is 0 Å². The number of nitrogens with one attached hydrogen (secondary N) is 2. The molecular weight excluding hydrogens is 523 g/mol. The molecule has 1 heterocycles. The third kappa shape index (κ3) is 5.15. The first-order valence-electron chi connectivity index (χ1n) is 11.2. The van der Waals surface area contributed by atoms with E-state index in [0.717, 1.165) is 26.8 Å². The van der Waals surface area contributed by atoms with Gasteiger partial charge in [-0.25, -0.2) is 9.37 Å². The second-order valence-electron chi connectivity index (χ2n) is 8.09. The molecule has 5 aromatic rings. The number of halogens is 2. The number of hydrogen-bond donors (Lipinski definition) is 3. The molecule has 0 aliphatic carbocycles. The zero-order valence-corrected chi connectivity index (χ0v) is 20.8. The van der Waals surface area contributed by atoms with Crippen molar-refractivity contribution in [2.45, 2.75) is 6.23 Å². The van der Waals surface area contributed by atoms with Gasteiger partial charge in [-0.3, -0.25) is 4.99 Å². The lowest BCUT2D eigenvalue weighted by Crippen LogP contribution is -2.09. The molecule has 0 aliphatic rings. The number of aromatic nitrogens is 2. The second kappa shape index (κ2) is 10.3. The van der Waals surface area contributed by atoms with Crippen LogP contribution >= 0.6 is 15.9 Å². The predicted octanol–water partition coefficient (Wildman–Crippen LogP) is 6.99. The summed E-state index contributed by atoms with van der Waals surface area (Å²) in [5, 5.41) is 13.6. The molecule has 0 bridgehead atoms. The largest absolute Gasteiger partial charge is 0.496 e. The lowest BCUT2D eigenvalue weighted by atomic mass is 10.1. The molecule has 0 saturated heterocycles. The van der Waals surface area contributed by atoms with Crippen molar-refractivity contribution < 1.29 is 14.2 Å². The Morgan fingerprint density at radius 3 is 2.58 bits per heavy atom. The van der Waals surface area contributed by atoms with Crippen molar-refractivity contribution in [1.82, 2.24) is 9.97 Å². The highest BCUT2D eigenvalue weighted by Crippen LogP contribution is 2.29. The normalized spacial score (nSPS) is 12.2. The number of ether oxygens (including phenoxy) is 1. The minimum absolute atomic E-state index is 0.234. The van der Waals surface area contributed by atoms with Gasteiger partial charge in [-0.05, 0) is 76.1 Å². The van der Waals surface area contributed by atoms with Gasteiger partial charge >= 0.3 is 0 Å². The van der Waals surface area contributed by atoms with E-state index in [9.17, 15) is 9.50 Å². The van der Waals surface area contributed by atoms with E-state index in [1.165, 1.54) is 6.07 Å². The van der Waals surface area contributed by atoms with Gasteiger partial charge in [0, 0.05) is 23.0 Å². The molecule has 180 valence electrons. The van der Waals surface area contributed by atoms with E-state index < -0.39 is 12.0 Å². The van der Waals surface area contributed by atoms with E-state index in [1.54, 1.807) is 43.7 Å². The van der Waals surface area contributed by atoms with Crippen LogP contribution in [0.15, 0.2) is 94.4 Å². The van der Waals surface area contributed by atoms with E-state index in [0.29, 0.717) is 22.7 Å². The van der Waals surface area contributed by atoms with Crippen LogP contribution in [0, 0.1) is 5.82 Å². The number of anilines is 1. The maximum Gasteiger partial charge on any atom is 0.150 e. The Balaban J connectivity index is 1.25. The van der Waals surface area contributed by atoms with Crippen LogP contribution in [0.4, 0.5) is 15.8 Å². The summed E-state index contributed by atoms with van der Waals surface area (Å²) in [7, 11) is 1.59. The quantitative estimate of drug-likeness (QED) is 0.152. The molecule has 0 radical (unpaired) electrons. The third-order valence-corrected chi connectivity index (χ3v) is 6.29. The minimum Gasteiger partial charge on any atom is -0.496 e. The van der Waals surface area contributed by atoms with E-state index in [1.807, 2.05) is 48.5 Å². The minimum atomic E-state index is -0.897. The fourth-order valence-electron chi connectivity index (χ4n) is 3.75. The number of methoxy groups -OCH3 is 1. The molecular formula is C28H22BrFN4O2. The first-order valence-corrected chi connectivity index (χ1v) is 12.0. The van der Waals surface area contributed by atoms with Crippen LogP contribution in [0.2, 0.25) is 0 Å². The van der Waals surface area contributed by atoms with Crippen LogP contribution < -0.4 is 10.1 Å². The van der Waals surface area contributed by atoms with Crippen LogP contribution in [-0.4, -0.2) is 28.4 Å². The van der Waals surface area contributed by atoms with E-state index in [4.69, 9.17) is 4.74 Å². The molecule has 0 spiro atoms. The SMILES string of the molecule is COc1ccc(C(O)Nc2ccc(C=Nc3ccc(-c4nc5ccccc5[nH]4)cc3F)cc2)cc1Br. The Kier molecular flexibility index (Phi) is 6.79. The van der Waals surface area contributed by atoms with Gasteiger partial charge in [0.1, 0.15) is 17.4 Å². The summed E-state index contributed by atoms with van der Waals surface area (Å²) in [6.45, 7) is 0. The third-order valence-electron chi connectivity index (χ3n) is 5.67. The number of aliphatic imine (C=N–C) groups is 1. The highest BCUT2D eigenvalue weighted by Gasteiger charge is 2.11. The monoisotopic (exact) mass is 544 g/mol. The molecule has 1 unspecified atom stereocenters. The van der Waals surface area contributed by atoms with Crippen molar-refractivity contribution in [3.63, 3.8) is 0 Å². The van der Waals surface area contributed by atoms with Crippen molar-refractivity contribution in [3.05, 3.63) is 106 Å². The maximum absolute atomic E-state index is 14.7. The van der Waals surface area contributed by atoms with Gasteiger partial charge in [0.05, 0.1) is 28.3 Å². The summed E-state index contributed by atoms with van der Waals surface area (Å²) in [5.41, 5.74) is 4.83. The van der Waals surface area contributed by atoms with Gasteiger partial charge in [0.15, 0.2) is 6.23 Å². The zero-order chi connectivity index (χ0) is 25.1. The fraction of sp³-hybridized carbons (Fsp3) is 0.0714. The number of nitrogens with zero attached hydrogens (tertiary/aromatic N) is 2. The van der Waals surface area contributed by atoms with Gasteiger partial charge in [-0.1, -0.05) is 30.3 Å². The molecule has 1 aromatic heterocycles. The summed E-state index contributed by atoms with van der Waals surface area (Å²) < 4.78 is 20.7. The lowest BCUT2D eigenvalue weighted by molar-refractivity contribution is 0.208. The average molecular weight is 545 g/mol. The molecule has 36 heavy (non-hydrogen) atoms. The summed E-state index contributed by atoms with van der Waals surface area (Å²) in [6.07, 6.45) is 0.700. The molecule has 1 atom stereocenters. The van der Waals surface area contributed by atoms with E-state index in [2.05, 4.69) is 36.2 Å². The molecule has 4 aromatic carbocycles.